The SMILES string of the molecule is N#CN=C1CCOCCN1c1ccc(CC(=O)[C@@]2(NC(=O)c3ccc(Cl)s3)CCOC2)cc1.N#CN=C1CCOCCN1c1ccc(CC(=O)[C@]2(NC(=O)c3ccc(Cl)s3)CCOC2)cc1. The summed E-state index contributed by atoms with van der Waals surface area (Å²) >= 11 is 14.2. The average molecular weight is 974 g/mol. The van der Waals surface area contributed by atoms with Gasteiger partial charge in [0.25, 0.3) is 11.8 Å². The molecule has 16 nitrogen and oxygen atoms in total. The van der Waals surface area contributed by atoms with Gasteiger partial charge in [0.2, 0.25) is 12.4 Å². The van der Waals surface area contributed by atoms with Crippen LogP contribution >= 0.6 is 45.9 Å². The van der Waals surface area contributed by atoms with Crippen LogP contribution in [-0.2, 0) is 41.4 Å². The summed E-state index contributed by atoms with van der Waals surface area (Å²) in [6.07, 6.45) is 6.02. The maximum atomic E-state index is 13.3. The van der Waals surface area contributed by atoms with E-state index in [9.17, 15) is 19.2 Å². The van der Waals surface area contributed by atoms with E-state index in [0.717, 1.165) is 22.5 Å². The fourth-order valence-corrected chi connectivity index (χ4v) is 9.79. The highest BCUT2D eigenvalue weighted by Crippen LogP contribution is 2.29. The first kappa shape index (κ1) is 48.4. The summed E-state index contributed by atoms with van der Waals surface area (Å²) in [4.78, 5) is 64.7. The van der Waals surface area contributed by atoms with Gasteiger partial charge in [0, 0.05) is 76.2 Å². The first-order valence-electron chi connectivity index (χ1n) is 21.2. The smallest absolute Gasteiger partial charge is 0.262 e. The summed E-state index contributed by atoms with van der Waals surface area (Å²) in [5.41, 5.74) is 1.31. The number of ketones is 2. The number of thiophene rings is 2. The number of amidine groups is 2. The molecule has 4 saturated heterocycles. The van der Waals surface area contributed by atoms with Crippen molar-refractivity contribution in [3.63, 3.8) is 0 Å². The molecule has 4 aromatic rings. The van der Waals surface area contributed by atoms with Gasteiger partial charge in [0.1, 0.15) is 22.7 Å². The van der Waals surface area contributed by atoms with Crippen molar-refractivity contribution < 1.29 is 38.1 Å². The van der Waals surface area contributed by atoms with E-state index in [4.69, 9.17) is 52.7 Å². The van der Waals surface area contributed by atoms with Gasteiger partial charge in [-0.2, -0.15) is 20.5 Å². The second-order valence-corrected chi connectivity index (χ2v) is 19.1. The van der Waals surface area contributed by atoms with E-state index in [1.54, 1.807) is 24.3 Å². The van der Waals surface area contributed by atoms with E-state index in [0.29, 0.717) is 109 Å². The van der Waals surface area contributed by atoms with Crippen LogP contribution in [0.3, 0.4) is 0 Å². The van der Waals surface area contributed by atoms with Crippen molar-refractivity contribution in [1.29, 1.82) is 10.5 Å². The number of anilines is 2. The topological polar surface area (TPSA) is 208 Å². The molecule has 0 unspecified atom stereocenters. The third kappa shape index (κ3) is 12.1. The van der Waals surface area contributed by atoms with Crippen molar-refractivity contribution >= 4 is 92.3 Å². The number of hydrogen-bond donors (Lipinski definition) is 2. The third-order valence-corrected chi connectivity index (χ3v) is 13.9. The Morgan fingerprint density at radius 2 is 1.00 bits per heavy atom. The lowest BCUT2D eigenvalue weighted by Crippen LogP contribution is -2.55. The highest BCUT2D eigenvalue weighted by Gasteiger charge is 2.44. The first-order chi connectivity index (χ1) is 32.0. The predicted molar refractivity (Wildman–Crippen MR) is 252 cm³/mol. The number of nitrogens with zero attached hydrogens (tertiary/aromatic N) is 6. The Morgan fingerprint density at radius 1 is 0.591 bits per heavy atom. The van der Waals surface area contributed by atoms with Gasteiger partial charge >= 0.3 is 0 Å². The minimum Gasteiger partial charge on any atom is -0.379 e. The number of nitrogens with one attached hydrogen (secondary N) is 2. The normalized spacial score (nSPS) is 22.1. The Labute approximate surface area is 399 Å². The van der Waals surface area contributed by atoms with Gasteiger partial charge in [-0.3, -0.25) is 19.2 Å². The van der Waals surface area contributed by atoms with E-state index >= 15 is 0 Å². The lowest BCUT2D eigenvalue weighted by Gasteiger charge is -2.27. The average Bonchev–Trinajstić information content (AvgIpc) is 4.12. The first-order valence-corrected chi connectivity index (χ1v) is 23.6. The Morgan fingerprint density at radius 3 is 1.33 bits per heavy atom. The number of carbonyl (C=O) groups is 4. The molecule has 2 aromatic carbocycles. The number of ether oxygens (including phenoxy) is 4. The number of rotatable bonds is 12. The summed E-state index contributed by atoms with van der Waals surface area (Å²) in [5, 5.41) is 23.8. The fourth-order valence-electron chi connectivity index (χ4n) is 7.91. The summed E-state index contributed by atoms with van der Waals surface area (Å²) in [7, 11) is 0. The second kappa shape index (κ2) is 22.8. The summed E-state index contributed by atoms with van der Waals surface area (Å²) < 4.78 is 23.0. The summed E-state index contributed by atoms with van der Waals surface area (Å²) in [6.45, 7) is 4.45. The number of amides is 2. The van der Waals surface area contributed by atoms with Crippen molar-refractivity contribution in [1.82, 2.24) is 10.6 Å². The van der Waals surface area contributed by atoms with Crippen molar-refractivity contribution in [2.45, 2.75) is 49.6 Å². The van der Waals surface area contributed by atoms with Crippen molar-refractivity contribution in [3.05, 3.63) is 102 Å². The van der Waals surface area contributed by atoms with Crippen LogP contribution in [0.5, 0.6) is 0 Å². The van der Waals surface area contributed by atoms with Crippen LogP contribution in [0.1, 0.15) is 56.2 Å². The van der Waals surface area contributed by atoms with Crippen LogP contribution in [0.2, 0.25) is 8.67 Å². The number of halogens is 2. The highest BCUT2D eigenvalue weighted by atomic mass is 35.5. The highest BCUT2D eigenvalue weighted by molar-refractivity contribution is 7.18. The minimum atomic E-state index is -1.05. The van der Waals surface area contributed by atoms with E-state index in [1.165, 1.54) is 22.7 Å². The maximum absolute atomic E-state index is 13.3. The zero-order chi connectivity index (χ0) is 46.5. The van der Waals surface area contributed by atoms with Gasteiger partial charge in [-0.1, -0.05) is 47.5 Å². The molecular weight excluding hydrogens is 928 g/mol. The monoisotopic (exact) mass is 972 g/mol. The van der Waals surface area contributed by atoms with Gasteiger partial charge in [-0.05, 0) is 59.7 Å². The molecule has 0 bridgehead atoms. The lowest BCUT2D eigenvalue weighted by atomic mass is 9.88. The van der Waals surface area contributed by atoms with Crippen LogP contribution < -0.4 is 20.4 Å². The van der Waals surface area contributed by atoms with Crippen LogP contribution in [0.25, 0.3) is 0 Å². The molecule has 0 radical (unpaired) electrons. The van der Waals surface area contributed by atoms with Crippen LogP contribution in [0, 0.1) is 22.9 Å². The quantitative estimate of drug-likeness (QED) is 0.148. The van der Waals surface area contributed by atoms with Crippen LogP contribution in [0.15, 0.2) is 82.8 Å². The molecule has 0 aliphatic carbocycles. The van der Waals surface area contributed by atoms with E-state index in [-0.39, 0.29) is 49.4 Å². The van der Waals surface area contributed by atoms with Gasteiger partial charge in [0.15, 0.2) is 11.6 Å². The Hall–Kier alpha value is -5.54. The largest absolute Gasteiger partial charge is 0.379 e. The molecule has 4 aliphatic heterocycles. The third-order valence-electron chi connectivity index (χ3n) is 11.5. The van der Waals surface area contributed by atoms with Gasteiger partial charge in [0.05, 0.1) is 58.1 Å². The molecule has 0 saturated carbocycles. The Balaban J connectivity index is 0.000000196. The number of benzene rings is 2. The molecule has 66 heavy (non-hydrogen) atoms. The molecule has 2 amide bonds. The number of aliphatic imine (C=N–C) groups is 2. The van der Waals surface area contributed by atoms with Crippen molar-refractivity contribution in [3.8, 4) is 12.4 Å². The summed E-state index contributed by atoms with van der Waals surface area (Å²) in [6, 6.07) is 21.8. The molecule has 6 heterocycles. The van der Waals surface area contributed by atoms with Crippen LogP contribution in [0.4, 0.5) is 11.4 Å². The molecule has 2 aromatic heterocycles. The van der Waals surface area contributed by atoms with Gasteiger partial charge in [-0.15, -0.1) is 22.7 Å². The van der Waals surface area contributed by atoms with Gasteiger partial charge < -0.3 is 39.4 Å². The molecule has 2 N–H and O–H groups in total. The van der Waals surface area contributed by atoms with Crippen molar-refractivity contribution in [2.75, 3.05) is 75.7 Å². The van der Waals surface area contributed by atoms with Gasteiger partial charge in [-0.25, -0.2) is 0 Å². The molecular formula is C46H46Cl2N8O8S2. The predicted octanol–water partition coefficient (Wildman–Crippen LogP) is 6.42. The number of Topliss-reactive ketones (excluding diaryl/α,β-unsaturated/α-hetero) is 2. The molecule has 2 atom stereocenters. The van der Waals surface area contributed by atoms with E-state index < -0.39 is 11.1 Å². The van der Waals surface area contributed by atoms with E-state index in [1.807, 2.05) is 70.7 Å². The van der Waals surface area contributed by atoms with Crippen LogP contribution in [-0.4, -0.2) is 112 Å². The summed E-state index contributed by atoms with van der Waals surface area (Å²) in [5.74, 6) is 0.481. The zero-order valence-corrected chi connectivity index (χ0v) is 38.9. The van der Waals surface area contributed by atoms with Crippen molar-refractivity contribution in [2.24, 2.45) is 9.98 Å². The molecule has 8 rings (SSSR count). The standard InChI is InChI=1S/2C23H23ClN4O4S/c2*24-20-6-5-18(33-20)22(30)27-23(8-11-32-14-23)19(29)13-16-1-3-17(4-2-16)28-9-12-31-10-7-21(28)26-15-25/h2*1-6H,7-14H2,(H,27,30)/t2*23-/m10/s1. The molecule has 4 fully saturated rings. The second-order valence-electron chi connectivity index (χ2n) is 15.7. The van der Waals surface area contributed by atoms with E-state index in [2.05, 4.69) is 20.6 Å². The Kier molecular flexibility index (Phi) is 16.7. The number of hydrogen-bond acceptors (Lipinski definition) is 14. The Bertz CT molecular complexity index is 2350. The maximum Gasteiger partial charge on any atom is 0.262 e. The number of nitriles is 2. The molecule has 0 spiro atoms. The molecule has 344 valence electrons. The molecule has 4 aliphatic rings. The number of carbonyl (C=O) groups excluding carboxylic acids is 4. The molecule has 20 heteroatoms. The fraction of sp³-hybridized carbons (Fsp3) is 0.391. The zero-order valence-electron chi connectivity index (χ0n) is 35.8. The minimum absolute atomic E-state index is 0.0985. The lowest BCUT2D eigenvalue weighted by molar-refractivity contribution is -0.125.